The van der Waals surface area contributed by atoms with Gasteiger partial charge in [0, 0.05) is 12.6 Å². The van der Waals surface area contributed by atoms with Crippen LogP contribution in [-0.4, -0.2) is 55.9 Å². The maximum Gasteiger partial charge on any atom is 0.427 e. The first-order valence-corrected chi connectivity index (χ1v) is 14.6. The van der Waals surface area contributed by atoms with E-state index in [2.05, 4.69) is 10.1 Å². The van der Waals surface area contributed by atoms with Crippen molar-refractivity contribution in [3.63, 3.8) is 0 Å². The first-order valence-electron chi connectivity index (χ1n) is 14.6. The van der Waals surface area contributed by atoms with Crippen LogP contribution in [0.15, 0.2) is 54.7 Å². The van der Waals surface area contributed by atoms with Gasteiger partial charge in [-0.25, -0.2) is 27.3 Å². The van der Waals surface area contributed by atoms with Gasteiger partial charge in [0.1, 0.15) is 28.8 Å². The van der Waals surface area contributed by atoms with Gasteiger partial charge in [-0.2, -0.15) is 9.37 Å². The maximum atomic E-state index is 15.0. The van der Waals surface area contributed by atoms with Crippen molar-refractivity contribution < 1.29 is 46.5 Å². The molecule has 14 heteroatoms. The van der Waals surface area contributed by atoms with E-state index >= 15 is 0 Å². The number of nitrogens with zero attached hydrogens (tertiary/aromatic N) is 4. The van der Waals surface area contributed by atoms with Gasteiger partial charge in [-0.05, 0) is 102 Å². The Morgan fingerprint density at radius 3 is 2.06 bits per heavy atom. The first kappa shape index (κ1) is 35.1. The van der Waals surface area contributed by atoms with Crippen LogP contribution < -0.4 is 9.64 Å². The number of hydrogen-bond donors (Lipinski definition) is 1. The van der Waals surface area contributed by atoms with Crippen LogP contribution in [0.2, 0.25) is 0 Å². The van der Waals surface area contributed by atoms with Gasteiger partial charge in [-0.3, -0.25) is 0 Å². The molecule has 2 unspecified atom stereocenters. The van der Waals surface area contributed by atoms with E-state index in [0.29, 0.717) is 10.5 Å². The molecule has 0 radical (unpaired) electrons. The standard InChI is InChI=1S/C33H36F4N4O6/c1-31(2,3)46-29(42)41(30(43)47-32(4,5)6)28-38-26-18-19(12-14-40(26)39-28)20-16-23(35)27(37)24(17-20)45-15-13-25(36)33(7,44)21-8-10-22(34)11-9-21/h8-12,14,16-18,25,44H,13,15H2,1-7H3. The van der Waals surface area contributed by atoms with Crippen LogP contribution in [0.5, 0.6) is 5.75 Å². The Morgan fingerprint density at radius 2 is 1.49 bits per heavy atom. The second kappa shape index (κ2) is 13.2. The fourth-order valence-corrected chi connectivity index (χ4v) is 4.35. The van der Waals surface area contributed by atoms with Gasteiger partial charge in [-0.15, -0.1) is 10.00 Å². The van der Waals surface area contributed by atoms with Crippen LogP contribution in [0.3, 0.4) is 0 Å². The Hall–Kier alpha value is -4.72. The zero-order chi connectivity index (χ0) is 34.9. The summed E-state index contributed by atoms with van der Waals surface area (Å²) in [4.78, 5) is 30.8. The molecule has 47 heavy (non-hydrogen) atoms. The Morgan fingerprint density at radius 1 is 0.894 bits per heavy atom. The molecule has 252 valence electrons. The van der Waals surface area contributed by atoms with Crippen LogP contribution in [0.4, 0.5) is 33.1 Å². The lowest BCUT2D eigenvalue weighted by Crippen LogP contribution is -2.44. The molecule has 0 saturated heterocycles. The maximum absolute atomic E-state index is 15.0. The second-order valence-electron chi connectivity index (χ2n) is 13.0. The number of aromatic nitrogens is 3. The first-order chi connectivity index (χ1) is 21.7. The lowest BCUT2D eigenvalue weighted by Gasteiger charge is -2.28. The third kappa shape index (κ3) is 8.56. The quantitative estimate of drug-likeness (QED) is 0.193. The minimum absolute atomic E-state index is 0.130. The summed E-state index contributed by atoms with van der Waals surface area (Å²) in [5, 5.41) is 14.9. The summed E-state index contributed by atoms with van der Waals surface area (Å²) >= 11 is 0. The molecule has 0 aliphatic rings. The molecule has 1 N–H and O–H groups in total. The number of pyridine rings is 1. The monoisotopic (exact) mass is 660 g/mol. The zero-order valence-electron chi connectivity index (χ0n) is 27.0. The molecule has 10 nitrogen and oxygen atoms in total. The molecule has 0 aliphatic carbocycles. The smallest absolute Gasteiger partial charge is 0.427 e. The predicted octanol–water partition coefficient (Wildman–Crippen LogP) is 7.50. The molecule has 2 aromatic carbocycles. The predicted molar refractivity (Wildman–Crippen MR) is 164 cm³/mol. The van der Waals surface area contributed by atoms with E-state index in [-0.39, 0.29) is 22.7 Å². The summed E-state index contributed by atoms with van der Waals surface area (Å²) in [5.41, 5.74) is -3.13. The SMILES string of the molecule is CC(C)(C)OC(=O)N(C(=O)OC(C)(C)C)c1nc2cc(-c3cc(F)c(F)c(OCCC(F)C(C)(O)c4ccc(F)cc4)c3)ccn2n1. The molecule has 0 spiro atoms. The van der Waals surface area contributed by atoms with Gasteiger partial charge in [-0.1, -0.05) is 12.1 Å². The highest BCUT2D eigenvalue weighted by atomic mass is 19.2. The number of hydrogen-bond acceptors (Lipinski definition) is 8. The van der Waals surface area contributed by atoms with E-state index < -0.39 is 71.4 Å². The van der Waals surface area contributed by atoms with Crippen LogP contribution in [0.25, 0.3) is 16.8 Å². The number of benzene rings is 2. The van der Waals surface area contributed by atoms with Crippen LogP contribution in [0.1, 0.15) is 60.5 Å². The van der Waals surface area contributed by atoms with Crippen molar-refractivity contribution in [2.24, 2.45) is 0 Å². The summed E-state index contributed by atoms with van der Waals surface area (Å²) in [5.74, 6) is -3.94. The molecule has 0 fully saturated rings. The Bertz CT molecular complexity index is 1740. The Balaban J connectivity index is 1.58. The van der Waals surface area contributed by atoms with Crippen molar-refractivity contribution in [3.05, 3.63) is 77.7 Å². The van der Waals surface area contributed by atoms with Crippen molar-refractivity contribution in [2.45, 2.75) is 77.9 Å². The number of rotatable bonds is 8. The van der Waals surface area contributed by atoms with Crippen LogP contribution >= 0.6 is 0 Å². The summed E-state index contributed by atoms with van der Waals surface area (Å²) < 4.78 is 75.0. The summed E-state index contributed by atoms with van der Waals surface area (Å²) in [6.07, 6.45) is -2.98. The summed E-state index contributed by atoms with van der Waals surface area (Å²) in [7, 11) is 0. The van der Waals surface area contributed by atoms with Crippen molar-refractivity contribution in [3.8, 4) is 16.9 Å². The minimum atomic E-state index is -1.99. The Labute approximate surface area is 268 Å². The van der Waals surface area contributed by atoms with Gasteiger partial charge in [0.15, 0.2) is 17.2 Å². The Kier molecular flexibility index (Phi) is 9.86. The molecule has 0 saturated carbocycles. The number of carbonyl (C=O) groups excluding carboxylic acids is 2. The van der Waals surface area contributed by atoms with Crippen molar-refractivity contribution in [1.82, 2.24) is 14.6 Å². The van der Waals surface area contributed by atoms with Crippen molar-refractivity contribution in [1.29, 1.82) is 0 Å². The number of amides is 2. The zero-order valence-corrected chi connectivity index (χ0v) is 27.0. The third-order valence-corrected chi connectivity index (χ3v) is 6.67. The lowest BCUT2D eigenvalue weighted by molar-refractivity contribution is -0.0323. The molecular weight excluding hydrogens is 624 g/mol. The molecule has 4 rings (SSSR count). The molecule has 0 aliphatic heterocycles. The topological polar surface area (TPSA) is 115 Å². The normalized spacial score (nSPS) is 14.0. The van der Waals surface area contributed by atoms with Gasteiger partial charge >= 0.3 is 12.2 Å². The third-order valence-electron chi connectivity index (χ3n) is 6.67. The van der Waals surface area contributed by atoms with E-state index in [1.165, 1.54) is 48.0 Å². The summed E-state index contributed by atoms with van der Waals surface area (Å²) in [6, 6.07) is 9.78. The number of ether oxygens (including phenoxy) is 3. The number of imide groups is 1. The van der Waals surface area contributed by atoms with Crippen LogP contribution in [0, 0.1) is 17.5 Å². The molecule has 0 bridgehead atoms. The van der Waals surface area contributed by atoms with Crippen LogP contribution in [-0.2, 0) is 15.1 Å². The fourth-order valence-electron chi connectivity index (χ4n) is 4.35. The average Bonchev–Trinajstić information content (AvgIpc) is 3.36. The highest BCUT2D eigenvalue weighted by Crippen LogP contribution is 2.32. The fraction of sp³-hybridized carbons (Fsp3) is 0.394. The number of alkyl halides is 1. The number of aliphatic hydroxyl groups is 1. The highest BCUT2D eigenvalue weighted by molar-refractivity contribution is 6.08. The van der Waals surface area contributed by atoms with Gasteiger partial charge in [0.25, 0.3) is 5.95 Å². The van der Waals surface area contributed by atoms with Gasteiger partial charge in [0.2, 0.25) is 5.82 Å². The van der Waals surface area contributed by atoms with Gasteiger partial charge < -0.3 is 19.3 Å². The van der Waals surface area contributed by atoms with Gasteiger partial charge in [0.05, 0.1) is 6.61 Å². The average molecular weight is 661 g/mol. The number of fused-ring (bicyclic) bond motifs is 1. The molecule has 4 aromatic rings. The van der Waals surface area contributed by atoms with E-state index in [4.69, 9.17) is 14.2 Å². The lowest BCUT2D eigenvalue weighted by atomic mass is 9.89. The minimum Gasteiger partial charge on any atom is -0.490 e. The molecule has 2 atom stereocenters. The van der Waals surface area contributed by atoms with Crippen molar-refractivity contribution in [2.75, 3.05) is 11.5 Å². The highest BCUT2D eigenvalue weighted by Gasteiger charge is 2.36. The number of carbonyl (C=O) groups is 2. The number of halogens is 4. The van der Waals surface area contributed by atoms with E-state index in [0.717, 1.165) is 18.2 Å². The molecule has 2 amide bonds. The molecule has 2 aromatic heterocycles. The van der Waals surface area contributed by atoms with Crippen molar-refractivity contribution >= 4 is 23.8 Å². The molecular formula is C33H36F4N4O6. The largest absolute Gasteiger partial charge is 0.490 e. The summed E-state index contributed by atoms with van der Waals surface area (Å²) in [6.45, 7) is 10.5. The number of anilines is 1. The van der Waals surface area contributed by atoms with E-state index in [1.54, 1.807) is 41.5 Å². The van der Waals surface area contributed by atoms with E-state index in [9.17, 15) is 32.3 Å². The molecule has 2 heterocycles. The second-order valence-corrected chi connectivity index (χ2v) is 13.0. The van der Waals surface area contributed by atoms with E-state index in [1.807, 2.05) is 0 Å².